The summed E-state index contributed by atoms with van der Waals surface area (Å²) in [5.41, 5.74) is 7.00. The third kappa shape index (κ3) is 5.74. The minimum Gasteiger partial charge on any atom is -0.382 e. The lowest BCUT2D eigenvalue weighted by molar-refractivity contribution is 0.0621. The number of fused-ring (bicyclic) bond motifs is 1. The minimum absolute atomic E-state index is 0.134. The Morgan fingerprint density at radius 3 is 2.40 bits per heavy atom. The Morgan fingerprint density at radius 1 is 1.16 bits per heavy atom. The van der Waals surface area contributed by atoms with E-state index in [0.29, 0.717) is 29.2 Å². The molecule has 2 rings (SSSR count). The summed E-state index contributed by atoms with van der Waals surface area (Å²) < 4.78 is 29.4. The number of anilines is 1. The second kappa shape index (κ2) is 8.23. The van der Waals surface area contributed by atoms with E-state index in [1.807, 2.05) is 6.92 Å². The molecule has 2 aromatic heterocycles. The van der Waals surface area contributed by atoms with Crippen LogP contribution in [0.5, 0.6) is 0 Å². The van der Waals surface area contributed by atoms with Gasteiger partial charge < -0.3 is 24.5 Å². The van der Waals surface area contributed by atoms with Crippen molar-refractivity contribution in [3.63, 3.8) is 0 Å². The SMILES string of the molecule is CC(C)OP(=O)(COC(C)Cc1nc(N)c2[nH]cnc2n1)OC(C)C. The standard InChI is InChI=1S/C15H26N5O4P/c1-9(2)23-25(21,24-10(3)4)8-22-11(5)6-12-19-14(16)13-15(20-12)18-7-17-13/h7,9-11H,6,8H2,1-5H3,(H3,16,17,18,19,20). The highest BCUT2D eigenvalue weighted by atomic mass is 31.2. The van der Waals surface area contributed by atoms with Crippen molar-refractivity contribution in [2.24, 2.45) is 0 Å². The molecule has 1 atom stereocenters. The van der Waals surface area contributed by atoms with Crippen molar-refractivity contribution < 1.29 is 18.3 Å². The van der Waals surface area contributed by atoms with E-state index in [9.17, 15) is 4.57 Å². The molecule has 3 N–H and O–H groups in total. The lowest BCUT2D eigenvalue weighted by atomic mass is 10.2. The predicted molar refractivity (Wildman–Crippen MR) is 95.3 cm³/mol. The van der Waals surface area contributed by atoms with Crippen LogP contribution in [0.2, 0.25) is 0 Å². The van der Waals surface area contributed by atoms with Crippen molar-refractivity contribution in [2.75, 3.05) is 12.1 Å². The Labute approximate surface area is 147 Å². The molecular weight excluding hydrogens is 345 g/mol. The molecule has 0 saturated carbocycles. The summed E-state index contributed by atoms with van der Waals surface area (Å²) in [6.45, 7) is 9.04. The van der Waals surface area contributed by atoms with Crippen molar-refractivity contribution >= 4 is 24.6 Å². The van der Waals surface area contributed by atoms with E-state index >= 15 is 0 Å². The summed E-state index contributed by atoms with van der Waals surface area (Å²) in [6.07, 6.45) is 1.03. The summed E-state index contributed by atoms with van der Waals surface area (Å²) in [5, 5.41) is 0. The normalized spacial score (nSPS) is 13.9. The second-order valence-electron chi connectivity index (χ2n) is 6.36. The molecule has 10 heteroatoms. The predicted octanol–water partition coefficient (Wildman–Crippen LogP) is 2.88. The molecule has 0 aliphatic heterocycles. The molecule has 0 amide bonds. The lowest BCUT2D eigenvalue weighted by Gasteiger charge is -2.24. The summed E-state index contributed by atoms with van der Waals surface area (Å²) in [5.74, 6) is 0.843. The fraction of sp³-hybridized carbons (Fsp3) is 0.667. The molecule has 2 heterocycles. The average Bonchev–Trinajstić information content (AvgIpc) is 2.92. The Morgan fingerprint density at radius 2 is 1.80 bits per heavy atom. The highest BCUT2D eigenvalue weighted by Crippen LogP contribution is 2.50. The van der Waals surface area contributed by atoms with Crippen LogP contribution in [0.15, 0.2) is 6.33 Å². The van der Waals surface area contributed by atoms with Crippen LogP contribution in [-0.2, 0) is 24.8 Å². The van der Waals surface area contributed by atoms with Gasteiger partial charge in [-0.15, -0.1) is 0 Å². The summed E-state index contributed by atoms with van der Waals surface area (Å²) in [4.78, 5) is 15.5. The highest BCUT2D eigenvalue weighted by molar-refractivity contribution is 7.53. The first-order chi connectivity index (χ1) is 11.7. The molecule has 0 aromatic carbocycles. The first-order valence-electron chi connectivity index (χ1n) is 8.21. The van der Waals surface area contributed by atoms with Gasteiger partial charge in [0.1, 0.15) is 17.7 Å². The van der Waals surface area contributed by atoms with Gasteiger partial charge in [-0.3, -0.25) is 4.57 Å². The maximum Gasteiger partial charge on any atom is 0.356 e. The number of imidazole rings is 1. The molecule has 0 spiro atoms. The second-order valence-corrected chi connectivity index (χ2v) is 8.26. The third-order valence-electron chi connectivity index (χ3n) is 3.09. The number of hydrogen-bond acceptors (Lipinski definition) is 8. The Kier molecular flexibility index (Phi) is 6.51. The van der Waals surface area contributed by atoms with E-state index in [1.54, 1.807) is 27.7 Å². The van der Waals surface area contributed by atoms with Gasteiger partial charge in [0.05, 0.1) is 24.6 Å². The van der Waals surface area contributed by atoms with E-state index < -0.39 is 7.60 Å². The summed E-state index contributed by atoms with van der Waals surface area (Å²) in [7, 11) is -3.33. The van der Waals surface area contributed by atoms with Crippen LogP contribution in [-0.4, -0.2) is 44.6 Å². The number of hydrogen-bond donors (Lipinski definition) is 2. The molecule has 9 nitrogen and oxygen atoms in total. The molecule has 0 saturated heterocycles. The van der Waals surface area contributed by atoms with Crippen LogP contribution in [0.3, 0.4) is 0 Å². The first kappa shape index (κ1) is 19.8. The van der Waals surface area contributed by atoms with Crippen molar-refractivity contribution in [1.29, 1.82) is 0 Å². The van der Waals surface area contributed by atoms with Crippen molar-refractivity contribution in [3.8, 4) is 0 Å². The molecule has 1 unspecified atom stereocenters. The largest absolute Gasteiger partial charge is 0.382 e. The molecular formula is C15H26N5O4P. The van der Waals surface area contributed by atoms with Crippen LogP contribution in [0.25, 0.3) is 11.2 Å². The Balaban J connectivity index is 1.99. The maximum absolute atomic E-state index is 12.8. The monoisotopic (exact) mass is 371 g/mol. The number of nitrogens with two attached hydrogens (primary N) is 1. The van der Waals surface area contributed by atoms with E-state index in [0.717, 1.165) is 0 Å². The van der Waals surface area contributed by atoms with Gasteiger partial charge in [0, 0.05) is 6.42 Å². The summed E-state index contributed by atoms with van der Waals surface area (Å²) in [6, 6.07) is 0. The van der Waals surface area contributed by atoms with E-state index in [4.69, 9.17) is 19.5 Å². The van der Waals surface area contributed by atoms with Crippen molar-refractivity contribution in [1.82, 2.24) is 19.9 Å². The molecule has 0 radical (unpaired) electrons. The van der Waals surface area contributed by atoms with Crippen molar-refractivity contribution in [3.05, 3.63) is 12.2 Å². The number of rotatable bonds is 9. The summed E-state index contributed by atoms with van der Waals surface area (Å²) >= 11 is 0. The lowest BCUT2D eigenvalue weighted by Crippen LogP contribution is -2.18. The zero-order valence-electron chi connectivity index (χ0n) is 15.2. The fourth-order valence-electron chi connectivity index (χ4n) is 2.26. The number of nitrogens with zero attached hydrogens (tertiary/aromatic N) is 3. The highest BCUT2D eigenvalue weighted by Gasteiger charge is 2.29. The van der Waals surface area contributed by atoms with Gasteiger partial charge in [-0.05, 0) is 34.6 Å². The molecule has 0 fully saturated rings. The molecule has 2 aromatic rings. The zero-order chi connectivity index (χ0) is 18.6. The van der Waals surface area contributed by atoms with Gasteiger partial charge in [-0.1, -0.05) is 0 Å². The van der Waals surface area contributed by atoms with E-state index in [-0.39, 0.29) is 24.7 Å². The van der Waals surface area contributed by atoms with Crippen molar-refractivity contribution in [2.45, 2.75) is 59.4 Å². The minimum atomic E-state index is -3.33. The average molecular weight is 371 g/mol. The van der Waals surface area contributed by atoms with Crippen LogP contribution >= 0.6 is 7.60 Å². The Bertz CT molecular complexity index is 735. The van der Waals surface area contributed by atoms with Gasteiger partial charge in [-0.2, -0.15) is 0 Å². The van der Waals surface area contributed by atoms with Gasteiger partial charge in [-0.25, -0.2) is 15.0 Å². The van der Waals surface area contributed by atoms with E-state index in [2.05, 4.69) is 19.9 Å². The van der Waals surface area contributed by atoms with Crippen LogP contribution < -0.4 is 5.73 Å². The first-order valence-corrected chi connectivity index (χ1v) is 9.94. The van der Waals surface area contributed by atoms with Gasteiger partial charge in [0.25, 0.3) is 0 Å². The molecule has 0 aliphatic rings. The van der Waals surface area contributed by atoms with Crippen LogP contribution in [0.1, 0.15) is 40.4 Å². The topological polar surface area (TPSA) is 125 Å². The number of nitrogens with one attached hydrogen (secondary N) is 1. The molecule has 0 bridgehead atoms. The van der Waals surface area contributed by atoms with E-state index in [1.165, 1.54) is 6.33 Å². The quantitative estimate of drug-likeness (QED) is 0.645. The van der Waals surface area contributed by atoms with Crippen LogP contribution in [0.4, 0.5) is 5.82 Å². The maximum atomic E-state index is 12.8. The molecule has 0 aliphatic carbocycles. The Hall–Kier alpha value is -1.54. The number of aromatic amines is 1. The van der Waals surface area contributed by atoms with Gasteiger partial charge in [0.15, 0.2) is 11.5 Å². The van der Waals surface area contributed by atoms with Gasteiger partial charge in [0.2, 0.25) is 0 Å². The third-order valence-corrected chi connectivity index (χ3v) is 5.04. The van der Waals surface area contributed by atoms with Gasteiger partial charge >= 0.3 is 7.60 Å². The number of H-pyrrole nitrogens is 1. The molecule has 140 valence electrons. The van der Waals surface area contributed by atoms with Crippen LogP contribution in [0, 0.1) is 0 Å². The fourth-order valence-corrected chi connectivity index (χ4v) is 4.15. The number of ether oxygens (including phenoxy) is 1. The number of aromatic nitrogens is 4. The molecule has 25 heavy (non-hydrogen) atoms. The zero-order valence-corrected chi connectivity index (χ0v) is 16.1. The smallest absolute Gasteiger partial charge is 0.356 e. The number of nitrogen functional groups attached to an aromatic ring is 1.